The normalized spacial score (nSPS) is 13.3. The molecule has 1 aromatic heterocycles. The fourth-order valence-corrected chi connectivity index (χ4v) is 6.42. The Morgan fingerprint density at radius 3 is 1.59 bits per heavy atom. The van der Waals surface area contributed by atoms with Crippen LogP contribution in [0.15, 0.2) is 157 Å². The number of fused-ring (bicyclic) bond motifs is 5. The standard InChI is InChI=1S/C43H28N6/c44-40-38(49-48-36-12-2-1-3-13-36)23-22-30-18-16-29-17-21-35(26-37(29)39(30)40)43-46-41(33-19-14-27-8-4-6-10-31(27)24-33)45-42(47-43)34-20-15-28-9-5-7-11-32(28)25-34/h1-26,44,48H/b44-40?,49-38-. The predicted octanol–water partition coefficient (Wildman–Crippen LogP) is 10.2. The highest BCUT2D eigenvalue weighted by molar-refractivity contribution is 6.55. The smallest absolute Gasteiger partial charge is 0.164 e. The lowest BCUT2D eigenvalue weighted by Crippen LogP contribution is -2.18. The number of hydrazone groups is 1. The number of para-hydroxylation sites is 1. The molecule has 6 heteroatoms. The van der Waals surface area contributed by atoms with E-state index in [2.05, 4.69) is 95.5 Å². The van der Waals surface area contributed by atoms with Crippen LogP contribution in [-0.4, -0.2) is 26.4 Å². The zero-order chi connectivity index (χ0) is 32.7. The van der Waals surface area contributed by atoms with E-state index in [0.717, 1.165) is 65.8 Å². The lowest BCUT2D eigenvalue weighted by Gasteiger charge is -2.17. The third kappa shape index (κ3) is 5.31. The first-order valence-corrected chi connectivity index (χ1v) is 16.1. The van der Waals surface area contributed by atoms with E-state index in [-0.39, 0.29) is 0 Å². The summed E-state index contributed by atoms with van der Waals surface area (Å²) in [4.78, 5) is 15.1. The molecule has 0 radical (unpaired) electrons. The van der Waals surface area contributed by atoms with Crippen molar-refractivity contribution in [3.63, 3.8) is 0 Å². The van der Waals surface area contributed by atoms with Gasteiger partial charge in [-0.1, -0.05) is 121 Å². The second-order valence-corrected chi connectivity index (χ2v) is 12.1. The van der Waals surface area contributed by atoms with Crippen molar-refractivity contribution in [3.8, 4) is 34.2 Å². The fraction of sp³-hybridized carbons (Fsp3) is 0. The number of nitrogens with one attached hydrogen (secondary N) is 2. The quantitative estimate of drug-likeness (QED) is 0.186. The first kappa shape index (κ1) is 28.4. The molecule has 49 heavy (non-hydrogen) atoms. The first-order valence-electron chi connectivity index (χ1n) is 16.1. The van der Waals surface area contributed by atoms with Crippen LogP contribution in [0, 0.1) is 5.41 Å². The Balaban J connectivity index is 1.19. The minimum Gasteiger partial charge on any atom is -0.298 e. The first-order chi connectivity index (χ1) is 24.2. The number of nitrogens with zero attached hydrogens (tertiary/aromatic N) is 4. The maximum Gasteiger partial charge on any atom is 0.164 e. The van der Waals surface area contributed by atoms with Crippen molar-refractivity contribution in [1.82, 2.24) is 15.0 Å². The number of allylic oxidation sites excluding steroid dienone is 1. The molecule has 0 unspecified atom stereocenters. The largest absolute Gasteiger partial charge is 0.298 e. The maximum absolute atomic E-state index is 9.21. The van der Waals surface area contributed by atoms with Gasteiger partial charge in [-0.05, 0) is 74.3 Å². The molecule has 230 valence electrons. The molecule has 1 aliphatic rings. The highest BCUT2D eigenvalue weighted by Gasteiger charge is 2.20. The van der Waals surface area contributed by atoms with Crippen LogP contribution < -0.4 is 5.43 Å². The summed E-state index contributed by atoms with van der Waals surface area (Å²) in [6, 6.07) is 49.3. The summed E-state index contributed by atoms with van der Waals surface area (Å²) < 4.78 is 0. The Morgan fingerprint density at radius 2 is 0.980 bits per heavy atom. The van der Waals surface area contributed by atoms with Gasteiger partial charge in [0, 0.05) is 22.3 Å². The lowest BCUT2D eigenvalue weighted by atomic mass is 9.88. The van der Waals surface area contributed by atoms with E-state index in [1.165, 1.54) is 0 Å². The van der Waals surface area contributed by atoms with Gasteiger partial charge in [-0.25, -0.2) is 15.0 Å². The Kier molecular flexibility index (Phi) is 6.84. The van der Waals surface area contributed by atoms with Crippen LogP contribution in [0.2, 0.25) is 0 Å². The molecular weight excluding hydrogens is 601 g/mol. The molecule has 7 aromatic carbocycles. The Bertz CT molecular complexity index is 2560. The zero-order valence-corrected chi connectivity index (χ0v) is 26.3. The Morgan fingerprint density at radius 1 is 0.469 bits per heavy atom. The predicted molar refractivity (Wildman–Crippen MR) is 202 cm³/mol. The van der Waals surface area contributed by atoms with Crippen LogP contribution in [-0.2, 0) is 0 Å². The van der Waals surface area contributed by atoms with Crippen LogP contribution >= 0.6 is 0 Å². The number of rotatable bonds is 5. The van der Waals surface area contributed by atoms with Crippen LogP contribution in [0.1, 0.15) is 11.1 Å². The number of aromatic nitrogens is 3. The number of hydrogen-bond donors (Lipinski definition) is 2. The monoisotopic (exact) mass is 628 g/mol. The molecule has 0 spiro atoms. The molecule has 6 nitrogen and oxygen atoms in total. The van der Waals surface area contributed by atoms with Gasteiger partial charge < -0.3 is 0 Å². The van der Waals surface area contributed by atoms with Gasteiger partial charge in [0.05, 0.1) is 11.4 Å². The van der Waals surface area contributed by atoms with Crippen molar-refractivity contribution in [1.29, 1.82) is 5.41 Å². The summed E-state index contributed by atoms with van der Waals surface area (Å²) in [7, 11) is 0. The third-order valence-corrected chi connectivity index (χ3v) is 8.97. The summed E-state index contributed by atoms with van der Waals surface area (Å²) in [6.45, 7) is 0. The number of benzene rings is 7. The van der Waals surface area contributed by atoms with Gasteiger partial charge >= 0.3 is 0 Å². The molecule has 0 saturated carbocycles. The van der Waals surface area contributed by atoms with Crippen LogP contribution in [0.3, 0.4) is 0 Å². The maximum atomic E-state index is 9.21. The molecule has 0 amide bonds. The van der Waals surface area contributed by atoms with E-state index in [4.69, 9.17) is 15.0 Å². The van der Waals surface area contributed by atoms with Gasteiger partial charge in [-0.15, -0.1) is 0 Å². The van der Waals surface area contributed by atoms with E-state index in [1.54, 1.807) is 0 Å². The van der Waals surface area contributed by atoms with Crippen molar-refractivity contribution >= 4 is 55.5 Å². The number of hydrogen-bond acceptors (Lipinski definition) is 6. The summed E-state index contributed by atoms with van der Waals surface area (Å²) in [6.07, 6.45) is 3.90. The molecule has 1 heterocycles. The second kappa shape index (κ2) is 11.8. The molecule has 0 bridgehead atoms. The van der Waals surface area contributed by atoms with Gasteiger partial charge in [0.25, 0.3) is 0 Å². The molecule has 0 aliphatic heterocycles. The summed E-state index contributed by atoms with van der Waals surface area (Å²) in [5.41, 5.74) is 9.35. The molecule has 2 N–H and O–H groups in total. The highest BCUT2D eigenvalue weighted by atomic mass is 15.3. The van der Waals surface area contributed by atoms with Crippen LogP contribution in [0.25, 0.3) is 72.6 Å². The van der Waals surface area contributed by atoms with Crippen molar-refractivity contribution in [3.05, 3.63) is 163 Å². The molecule has 1 aliphatic carbocycles. The number of anilines is 1. The molecule has 8 aromatic rings. The van der Waals surface area contributed by atoms with E-state index < -0.39 is 0 Å². The van der Waals surface area contributed by atoms with Crippen molar-refractivity contribution in [2.45, 2.75) is 0 Å². The average Bonchev–Trinajstić information content (AvgIpc) is 3.17. The Labute approximate surface area is 282 Å². The van der Waals surface area contributed by atoms with Crippen molar-refractivity contribution in [2.75, 3.05) is 5.43 Å². The molecule has 0 saturated heterocycles. The van der Waals surface area contributed by atoms with Gasteiger partial charge in [0.1, 0.15) is 5.71 Å². The van der Waals surface area contributed by atoms with Crippen LogP contribution in [0.4, 0.5) is 5.69 Å². The van der Waals surface area contributed by atoms with Gasteiger partial charge in [-0.2, -0.15) is 5.10 Å². The van der Waals surface area contributed by atoms with E-state index in [9.17, 15) is 5.41 Å². The van der Waals surface area contributed by atoms with Crippen molar-refractivity contribution < 1.29 is 0 Å². The molecule has 0 atom stereocenters. The summed E-state index contributed by atoms with van der Waals surface area (Å²) >= 11 is 0. The topological polar surface area (TPSA) is 86.9 Å². The van der Waals surface area contributed by atoms with E-state index in [1.807, 2.05) is 72.8 Å². The van der Waals surface area contributed by atoms with Gasteiger partial charge in [0.2, 0.25) is 0 Å². The second-order valence-electron chi connectivity index (χ2n) is 12.1. The van der Waals surface area contributed by atoms with E-state index >= 15 is 0 Å². The Hall–Kier alpha value is -6.79. The van der Waals surface area contributed by atoms with E-state index in [0.29, 0.717) is 28.9 Å². The molecular formula is C43H28N6. The SMILES string of the molecule is N=C1/C(=N\Nc2ccccc2)C=Cc2ccc3ccc(-c4nc(-c5ccc6ccccc6c5)nc(-c5ccc6ccccc6c5)n4)cc3c21. The van der Waals surface area contributed by atoms with Crippen molar-refractivity contribution in [2.24, 2.45) is 5.10 Å². The highest BCUT2D eigenvalue weighted by Crippen LogP contribution is 2.33. The third-order valence-electron chi connectivity index (χ3n) is 8.97. The summed E-state index contributed by atoms with van der Waals surface area (Å²) in [5, 5.41) is 20.3. The zero-order valence-electron chi connectivity index (χ0n) is 26.3. The van der Waals surface area contributed by atoms with Gasteiger partial charge in [-0.3, -0.25) is 10.8 Å². The molecule has 9 rings (SSSR count). The lowest BCUT2D eigenvalue weighted by molar-refractivity contribution is 1.08. The van der Waals surface area contributed by atoms with Gasteiger partial charge in [0.15, 0.2) is 17.5 Å². The fourth-order valence-electron chi connectivity index (χ4n) is 6.42. The minimum atomic E-state index is 0.355. The molecule has 0 fully saturated rings. The van der Waals surface area contributed by atoms with Crippen LogP contribution in [0.5, 0.6) is 0 Å². The minimum absolute atomic E-state index is 0.355. The summed E-state index contributed by atoms with van der Waals surface area (Å²) in [5.74, 6) is 1.77. The average molecular weight is 629 g/mol.